The van der Waals surface area contributed by atoms with Crippen molar-refractivity contribution in [1.82, 2.24) is 14.8 Å². The molecular formula is C16H22N4O3S. The van der Waals surface area contributed by atoms with E-state index >= 15 is 0 Å². The Morgan fingerprint density at radius 1 is 1.25 bits per heavy atom. The number of nitrogens with one attached hydrogen (secondary N) is 1. The van der Waals surface area contributed by atoms with E-state index in [1.165, 1.54) is 11.3 Å². The highest BCUT2D eigenvalue weighted by Gasteiger charge is 2.24. The molecule has 24 heavy (non-hydrogen) atoms. The lowest BCUT2D eigenvalue weighted by Gasteiger charge is -2.32. The lowest BCUT2D eigenvalue weighted by atomic mass is 10.1. The van der Waals surface area contributed by atoms with E-state index in [1.54, 1.807) is 9.80 Å². The SMILES string of the molecule is O=CN1CCN(C(=O)Cc2csc(NC(=O)C3CCCC3)n2)CC1. The van der Waals surface area contributed by atoms with Crippen LogP contribution in [-0.4, -0.2) is 59.2 Å². The van der Waals surface area contributed by atoms with Gasteiger partial charge in [0, 0.05) is 37.5 Å². The summed E-state index contributed by atoms with van der Waals surface area (Å²) in [5.41, 5.74) is 0.685. The van der Waals surface area contributed by atoms with Crippen LogP contribution in [0.5, 0.6) is 0 Å². The lowest BCUT2D eigenvalue weighted by molar-refractivity contribution is -0.134. The first-order valence-corrected chi connectivity index (χ1v) is 9.26. The Bertz CT molecular complexity index is 604. The van der Waals surface area contributed by atoms with Gasteiger partial charge in [0.05, 0.1) is 12.1 Å². The molecule has 1 saturated carbocycles. The van der Waals surface area contributed by atoms with Gasteiger partial charge in [0.2, 0.25) is 18.2 Å². The molecule has 8 heteroatoms. The Hall–Kier alpha value is -1.96. The first-order valence-electron chi connectivity index (χ1n) is 8.38. The third-order valence-electron chi connectivity index (χ3n) is 4.66. The summed E-state index contributed by atoms with van der Waals surface area (Å²) in [6.45, 7) is 2.28. The standard InChI is InChI=1S/C16H22N4O3S/c21-11-19-5-7-20(8-6-19)14(22)9-13-10-24-16(17-13)18-15(23)12-3-1-2-4-12/h10-12H,1-9H2,(H,17,18,23). The van der Waals surface area contributed by atoms with Crippen molar-refractivity contribution in [2.24, 2.45) is 5.92 Å². The summed E-state index contributed by atoms with van der Waals surface area (Å²) in [5.74, 6) is 0.164. The number of hydrogen-bond acceptors (Lipinski definition) is 5. The molecule has 0 unspecified atom stereocenters. The predicted molar refractivity (Wildman–Crippen MR) is 90.6 cm³/mol. The van der Waals surface area contributed by atoms with Crippen molar-refractivity contribution in [1.29, 1.82) is 0 Å². The van der Waals surface area contributed by atoms with Gasteiger partial charge in [0.1, 0.15) is 0 Å². The second-order valence-electron chi connectivity index (χ2n) is 6.31. The van der Waals surface area contributed by atoms with Gasteiger partial charge in [-0.25, -0.2) is 4.98 Å². The van der Waals surface area contributed by atoms with E-state index in [2.05, 4.69) is 10.3 Å². The van der Waals surface area contributed by atoms with Crippen LogP contribution in [0.25, 0.3) is 0 Å². The number of thiazole rings is 1. The monoisotopic (exact) mass is 350 g/mol. The number of carbonyl (C=O) groups excluding carboxylic acids is 3. The minimum Gasteiger partial charge on any atom is -0.342 e. The van der Waals surface area contributed by atoms with Crippen LogP contribution in [0.3, 0.4) is 0 Å². The molecule has 1 aliphatic carbocycles. The van der Waals surface area contributed by atoms with Crippen LogP contribution in [0.15, 0.2) is 5.38 Å². The smallest absolute Gasteiger partial charge is 0.229 e. The summed E-state index contributed by atoms with van der Waals surface area (Å²) < 4.78 is 0. The summed E-state index contributed by atoms with van der Waals surface area (Å²) >= 11 is 1.36. The van der Waals surface area contributed by atoms with E-state index in [0.29, 0.717) is 37.0 Å². The number of amides is 3. The molecule has 7 nitrogen and oxygen atoms in total. The van der Waals surface area contributed by atoms with Crippen molar-refractivity contribution in [3.8, 4) is 0 Å². The molecule has 0 bridgehead atoms. The van der Waals surface area contributed by atoms with Gasteiger partial charge in [0.15, 0.2) is 5.13 Å². The van der Waals surface area contributed by atoms with Crippen molar-refractivity contribution in [3.05, 3.63) is 11.1 Å². The van der Waals surface area contributed by atoms with E-state index in [0.717, 1.165) is 32.1 Å². The highest BCUT2D eigenvalue weighted by molar-refractivity contribution is 7.13. The summed E-state index contributed by atoms with van der Waals surface area (Å²) in [6, 6.07) is 0. The van der Waals surface area contributed by atoms with Crippen molar-refractivity contribution in [2.75, 3.05) is 31.5 Å². The van der Waals surface area contributed by atoms with Crippen LogP contribution >= 0.6 is 11.3 Å². The van der Waals surface area contributed by atoms with Gasteiger partial charge in [-0.05, 0) is 12.8 Å². The average molecular weight is 350 g/mol. The molecule has 3 amide bonds. The zero-order chi connectivity index (χ0) is 16.9. The maximum atomic E-state index is 12.3. The van der Waals surface area contributed by atoms with Gasteiger partial charge in [-0.15, -0.1) is 11.3 Å². The molecule has 0 atom stereocenters. The third kappa shape index (κ3) is 4.11. The molecule has 0 aromatic carbocycles. The Morgan fingerprint density at radius 2 is 1.96 bits per heavy atom. The molecular weight excluding hydrogens is 328 g/mol. The average Bonchev–Trinajstić information content (AvgIpc) is 3.27. The number of rotatable bonds is 5. The minimum absolute atomic E-state index is 0.0134. The first kappa shape index (κ1) is 16.9. The van der Waals surface area contributed by atoms with Gasteiger partial charge in [-0.1, -0.05) is 12.8 Å². The second kappa shape index (κ2) is 7.74. The molecule has 2 fully saturated rings. The topological polar surface area (TPSA) is 82.6 Å². The van der Waals surface area contributed by atoms with E-state index in [4.69, 9.17) is 0 Å². The van der Waals surface area contributed by atoms with Crippen molar-refractivity contribution >= 4 is 34.7 Å². The highest BCUT2D eigenvalue weighted by Crippen LogP contribution is 2.26. The molecule has 130 valence electrons. The molecule has 1 saturated heterocycles. The van der Waals surface area contributed by atoms with Crippen molar-refractivity contribution in [3.63, 3.8) is 0 Å². The maximum absolute atomic E-state index is 12.3. The molecule has 0 spiro atoms. The van der Waals surface area contributed by atoms with Gasteiger partial charge in [-0.2, -0.15) is 0 Å². The lowest BCUT2D eigenvalue weighted by Crippen LogP contribution is -2.48. The number of anilines is 1. The number of carbonyl (C=O) groups is 3. The molecule has 0 radical (unpaired) electrons. The molecule has 3 rings (SSSR count). The predicted octanol–water partition coefficient (Wildman–Crippen LogP) is 1.11. The van der Waals surface area contributed by atoms with Crippen LogP contribution in [0.1, 0.15) is 31.4 Å². The van der Waals surface area contributed by atoms with Gasteiger partial charge in [0.25, 0.3) is 0 Å². The Balaban J connectivity index is 1.49. The van der Waals surface area contributed by atoms with Crippen LogP contribution in [0.2, 0.25) is 0 Å². The van der Waals surface area contributed by atoms with Crippen LogP contribution < -0.4 is 5.32 Å². The fourth-order valence-electron chi connectivity index (χ4n) is 3.18. The molecule has 1 N–H and O–H groups in total. The zero-order valence-corrected chi connectivity index (χ0v) is 14.4. The summed E-state index contributed by atoms with van der Waals surface area (Å²) in [4.78, 5) is 42.9. The first-order chi connectivity index (χ1) is 11.7. The largest absolute Gasteiger partial charge is 0.342 e. The second-order valence-corrected chi connectivity index (χ2v) is 7.17. The van der Waals surface area contributed by atoms with Crippen molar-refractivity contribution in [2.45, 2.75) is 32.1 Å². The zero-order valence-electron chi connectivity index (χ0n) is 13.6. The molecule has 2 heterocycles. The Morgan fingerprint density at radius 3 is 2.62 bits per heavy atom. The molecule has 1 aromatic heterocycles. The number of nitrogens with zero attached hydrogens (tertiary/aromatic N) is 3. The number of hydrogen-bond donors (Lipinski definition) is 1. The van der Waals surface area contributed by atoms with E-state index in [-0.39, 0.29) is 24.2 Å². The van der Waals surface area contributed by atoms with E-state index in [1.807, 2.05) is 5.38 Å². The van der Waals surface area contributed by atoms with E-state index in [9.17, 15) is 14.4 Å². The van der Waals surface area contributed by atoms with Crippen LogP contribution in [0, 0.1) is 5.92 Å². The maximum Gasteiger partial charge on any atom is 0.229 e. The van der Waals surface area contributed by atoms with Crippen LogP contribution in [0.4, 0.5) is 5.13 Å². The normalized spacial score (nSPS) is 18.7. The van der Waals surface area contributed by atoms with Gasteiger partial charge >= 0.3 is 0 Å². The van der Waals surface area contributed by atoms with Crippen molar-refractivity contribution < 1.29 is 14.4 Å². The Labute approximate surface area is 145 Å². The highest BCUT2D eigenvalue weighted by atomic mass is 32.1. The fourth-order valence-corrected chi connectivity index (χ4v) is 3.90. The molecule has 1 aliphatic heterocycles. The van der Waals surface area contributed by atoms with E-state index < -0.39 is 0 Å². The third-order valence-corrected chi connectivity index (χ3v) is 5.46. The molecule has 1 aromatic rings. The number of aromatic nitrogens is 1. The minimum atomic E-state index is 0.0134. The summed E-state index contributed by atoms with van der Waals surface area (Å²) in [7, 11) is 0. The van der Waals surface area contributed by atoms with Crippen LogP contribution in [-0.2, 0) is 20.8 Å². The summed E-state index contributed by atoms with van der Waals surface area (Å²) in [5, 5.41) is 5.26. The molecule has 2 aliphatic rings. The quantitative estimate of drug-likeness (QED) is 0.807. The van der Waals surface area contributed by atoms with Gasteiger partial charge in [-0.3, -0.25) is 14.4 Å². The Kier molecular flexibility index (Phi) is 5.44. The fraction of sp³-hybridized carbons (Fsp3) is 0.625. The summed E-state index contributed by atoms with van der Waals surface area (Å²) in [6.07, 6.45) is 5.20. The number of piperazine rings is 1. The van der Waals surface area contributed by atoms with Gasteiger partial charge < -0.3 is 15.1 Å².